The van der Waals surface area contributed by atoms with Gasteiger partial charge in [-0.15, -0.1) is 0 Å². The summed E-state index contributed by atoms with van der Waals surface area (Å²) in [6.07, 6.45) is 1.01. The zero-order valence-corrected chi connectivity index (χ0v) is 21.3. The minimum absolute atomic E-state index is 0.0837. The Bertz CT molecular complexity index is 1100. The minimum Gasteiger partial charge on any atom is -0.497 e. The number of ether oxygens (including phenoxy) is 1. The Morgan fingerprint density at radius 3 is 2.74 bits per heavy atom. The van der Waals surface area contributed by atoms with Gasteiger partial charge in [-0.3, -0.25) is 14.9 Å². The number of nitrogens with zero attached hydrogens (tertiary/aromatic N) is 1. The van der Waals surface area contributed by atoms with Crippen molar-refractivity contribution < 1.29 is 19.4 Å². The number of rotatable bonds is 9. The molecule has 3 rings (SSSR count). The summed E-state index contributed by atoms with van der Waals surface area (Å²) in [5.74, 6) is -0.201. The van der Waals surface area contributed by atoms with Gasteiger partial charge in [0, 0.05) is 23.9 Å². The first-order valence-electron chi connectivity index (χ1n) is 11.8. The molecule has 1 fully saturated rings. The van der Waals surface area contributed by atoms with Crippen LogP contribution in [0.1, 0.15) is 58.4 Å². The van der Waals surface area contributed by atoms with Crippen molar-refractivity contribution in [2.45, 2.75) is 64.8 Å². The molecule has 0 spiro atoms. The van der Waals surface area contributed by atoms with Crippen LogP contribution < -0.4 is 20.7 Å². The van der Waals surface area contributed by atoms with Gasteiger partial charge in [0.15, 0.2) is 0 Å². The highest BCUT2D eigenvalue weighted by Gasteiger charge is 2.31. The third kappa shape index (κ3) is 7.10. The third-order valence-electron chi connectivity index (χ3n) is 6.09. The summed E-state index contributed by atoms with van der Waals surface area (Å²) in [5.41, 5.74) is 0.852. The highest BCUT2D eigenvalue weighted by molar-refractivity contribution is 6.35. The van der Waals surface area contributed by atoms with Crippen LogP contribution in [0, 0.1) is 22.7 Å². The lowest BCUT2D eigenvalue weighted by Gasteiger charge is -2.29. The number of amides is 2. The fraction of sp³-hybridized carbons (Fsp3) is 0.560. The number of methoxy groups -OCH3 is 1. The second-order valence-electron chi connectivity index (χ2n) is 10.2. The number of fused-ring (bicyclic) bond motifs is 1. The summed E-state index contributed by atoms with van der Waals surface area (Å²) in [7, 11) is 1.55. The number of aromatic amines is 1. The quantitative estimate of drug-likeness (QED) is 0.333. The lowest BCUT2D eigenvalue weighted by atomic mass is 9.87. The van der Waals surface area contributed by atoms with E-state index in [9.17, 15) is 20.0 Å². The summed E-state index contributed by atoms with van der Waals surface area (Å²) in [6.45, 7) is 6.61. The van der Waals surface area contributed by atoms with E-state index in [1.54, 1.807) is 25.3 Å². The number of halogens is 1. The molecule has 2 amide bonds. The maximum absolute atomic E-state index is 13.2. The monoisotopic (exact) mass is 503 g/mol. The van der Waals surface area contributed by atoms with Crippen LogP contribution >= 0.6 is 11.6 Å². The fourth-order valence-corrected chi connectivity index (χ4v) is 4.61. The molecule has 35 heavy (non-hydrogen) atoms. The average molecular weight is 504 g/mol. The van der Waals surface area contributed by atoms with Gasteiger partial charge in [-0.05, 0) is 43.2 Å². The van der Waals surface area contributed by atoms with E-state index in [4.69, 9.17) is 16.3 Å². The van der Waals surface area contributed by atoms with Crippen molar-refractivity contribution in [2.24, 2.45) is 11.3 Å². The highest BCUT2D eigenvalue weighted by atomic mass is 35.5. The predicted molar refractivity (Wildman–Crippen MR) is 134 cm³/mol. The lowest BCUT2D eigenvalue weighted by molar-refractivity contribution is -0.128. The summed E-state index contributed by atoms with van der Waals surface area (Å²) in [5, 5.41) is 30.3. The van der Waals surface area contributed by atoms with Gasteiger partial charge >= 0.3 is 0 Å². The van der Waals surface area contributed by atoms with Crippen LogP contribution in [0.3, 0.4) is 0 Å². The van der Waals surface area contributed by atoms with E-state index in [-0.39, 0.29) is 23.7 Å². The number of carbonyl (C=O) groups is 2. The van der Waals surface area contributed by atoms with E-state index in [2.05, 4.69) is 27.0 Å². The molecule has 1 saturated heterocycles. The number of nitriles is 1. The van der Waals surface area contributed by atoms with E-state index >= 15 is 0 Å². The van der Waals surface area contributed by atoms with Gasteiger partial charge in [-0.25, -0.2) is 0 Å². The van der Waals surface area contributed by atoms with E-state index in [0.29, 0.717) is 41.4 Å². The Kier molecular flexibility index (Phi) is 8.65. The molecule has 2 aromatic rings. The molecular formula is C25H34ClN5O4. The summed E-state index contributed by atoms with van der Waals surface area (Å²) < 4.78 is 5.25. The summed E-state index contributed by atoms with van der Waals surface area (Å²) in [6, 6.07) is 5.73. The van der Waals surface area contributed by atoms with Crippen LogP contribution in [0.15, 0.2) is 18.2 Å². The molecule has 0 radical (unpaired) electrons. The standard InChI is InChI=1S/C25H34ClN5O4/c1-25(2,3)12-20(24(34)29-16(13-27)8-14-6-5-7-28-22(14)32)31-23(33)19-10-15-9-17(35-4)11-18(26)21(15)30-19/h9-11,14,16,20,23,30-31,33H,5-8,12H2,1-4H3,(H,28,32)(H,29,34)/t14-,16-,20-,23?/m0/s1. The van der Waals surface area contributed by atoms with Gasteiger partial charge in [0.05, 0.1) is 35.5 Å². The number of nitrogens with one attached hydrogen (secondary N) is 4. The number of aliphatic hydroxyl groups is 1. The summed E-state index contributed by atoms with van der Waals surface area (Å²) in [4.78, 5) is 28.4. The van der Waals surface area contributed by atoms with Gasteiger partial charge < -0.3 is 25.5 Å². The zero-order valence-electron chi connectivity index (χ0n) is 20.6. The second-order valence-corrected chi connectivity index (χ2v) is 10.6. The normalized spacial score (nSPS) is 18.9. The molecule has 1 aliphatic heterocycles. The number of H-pyrrole nitrogens is 1. The largest absolute Gasteiger partial charge is 0.497 e. The SMILES string of the molecule is COc1cc(Cl)c2[nH]c(C(O)N[C@@H](CC(C)(C)C)C(=O)N[C@H](C#N)C[C@@H]3CCCNC3=O)cc2c1. The lowest BCUT2D eigenvalue weighted by Crippen LogP contribution is -2.51. The minimum atomic E-state index is -1.19. The van der Waals surface area contributed by atoms with Gasteiger partial charge in [-0.1, -0.05) is 32.4 Å². The zero-order chi connectivity index (χ0) is 25.8. The molecule has 1 aliphatic rings. The third-order valence-corrected chi connectivity index (χ3v) is 6.39. The van der Waals surface area contributed by atoms with Crippen molar-refractivity contribution in [3.05, 3.63) is 28.9 Å². The van der Waals surface area contributed by atoms with Gasteiger partial charge in [0.25, 0.3) is 0 Å². The smallest absolute Gasteiger partial charge is 0.238 e. The van der Waals surface area contributed by atoms with Crippen LogP contribution in [0.25, 0.3) is 10.9 Å². The van der Waals surface area contributed by atoms with E-state index in [0.717, 1.165) is 11.8 Å². The van der Waals surface area contributed by atoms with Crippen LogP contribution in [-0.4, -0.2) is 47.6 Å². The number of aromatic nitrogens is 1. The Balaban J connectivity index is 1.74. The van der Waals surface area contributed by atoms with E-state index in [1.807, 2.05) is 20.8 Å². The van der Waals surface area contributed by atoms with Crippen LogP contribution in [0.5, 0.6) is 5.75 Å². The molecule has 0 saturated carbocycles. The molecule has 190 valence electrons. The van der Waals surface area contributed by atoms with Crippen molar-refractivity contribution in [3.63, 3.8) is 0 Å². The molecule has 0 aliphatic carbocycles. The molecule has 1 unspecified atom stereocenters. The Morgan fingerprint density at radius 2 is 2.11 bits per heavy atom. The van der Waals surface area contributed by atoms with Crippen molar-refractivity contribution in [1.82, 2.24) is 20.9 Å². The molecule has 1 aromatic carbocycles. The van der Waals surface area contributed by atoms with Crippen molar-refractivity contribution in [3.8, 4) is 11.8 Å². The Hall–Kier alpha value is -2.80. The molecule has 1 aromatic heterocycles. The number of benzene rings is 1. The molecule has 5 N–H and O–H groups in total. The number of hydrogen-bond acceptors (Lipinski definition) is 6. The Labute approximate surface area is 210 Å². The summed E-state index contributed by atoms with van der Waals surface area (Å²) >= 11 is 6.33. The number of hydrogen-bond donors (Lipinski definition) is 5. The van der Waals surface area contributed by atoms with E-state index in [1.165, 1.54) is 0 Å². The average Bonchev–Trinajstić information content (AvgIpc) is 3.23. The predicted octanol–water partition coefficient (Wildman–Crippen LogP) is 3.14. The van der Waals surface area contributed by atoms with Crippen LogP contribution in [0.2, 0.25) is 5.02 Å². The van der Waals surface area contributed by atoms with Crippen molar-refractivity contribution in [2.75, 3.05) is 13.7 Å². The van der Waals surface area contributed by atoms with Crippen molar-refractivity contribution >= 4 is 34.3 Å². The van der Waals surface area contributed by atoms with Gasteiger partial charge in [0.2, 0.25) is 11.8 Å². The molecule has 4 atom stereocenters. The molecule has 2 heterocycles. The molecule has 10 heteroatoms. The first-order valence-corrected chi connectivity index (χ1v) is 12.2. The van der Waals surface area contributed by atoms with Gasteiger partial charge in [0.1, 0.15) is 18.0 Å². The number of piperidine rings is 1. The molecular weight excluding hydrogens is 470 g/mol. The van der Waals surface area contributed by atoms with Crippen LogP contribution in [0.4, 0.5) is 0 Å². The topological polar surface area (TPSA) is 139 Å². The van der Waals surface area contributed by atoms with Crippen LogP contribution in [-0.2, 0) is 9.59 Å². The number of aliphatic hydroxyl groups excluding tert-OH is 1. The molecule has 0 bridgehead atoms. The highest BCUT2D eigenvalue weighted by Crippen LogP contribution is 2.31. The second kappa shape index (κ2) is 11.3. The first kappa shape index (κ1) is 26.8. The first-order chi connectivity index (χ1) is 16.5. The Morgan fingerprint density at radius 1 is 1.37 bits per heavy atom. The number of carbonyl (C=O) groups excluding carboxylic acids is 2. The fourth-order valence-electron chi connectivity index (χ4n) is 4.34. The molecule has 9 nitrogen and oxygen atoms in total. The maximum Gasteiger partial charge on any atom is 0.238 e. The maximum atomic E-state index is 13.2. The van der Waals surface area contributed by atoms with E-state index < -0.39 is 24.2 Å². The van der Waals surface area contributed by atoms with Crippen molar-refractivity contribution in [1.29, 1.82) is 5.26 Å². The van der Waals surface area contributed by atoms with Gasteiger partial charge in [-0.2, -0.15) is 5.26 Å².